The predicted octanol–water partition coefficient (Wildman–Crippen LogP) is 0.977. The van der Waals surface area contributed by atoms with Crippen LogP contribution in [0.25, 0.3) is 0 Å². The molecule has 0 radical (unpaired) electrons. The zero-order valence-electron chi connectivity index (χ0n) is 9.12. The molecule has 1 aliphatic carbocycles. The van der Waals surface area contributed by atoms with Crippen molar-refractivity contribution in [3.8, 4) is 0 Å². The van der Waals surface area contributed by atoms with Crippen LogP contribution in [0.3, 0.4) is 0 Å². The van der Waals surface area contributed by atoms with Gasteiger partial charge in [-0.15, -0.1) is 0 Å². The maximum Gasteiger partial charge on any atom is 0.165 e. The van der Waals surface area contributed by atoms with Crippen LogP contribution in [0.15, 0.2) is 0 Å². The lowest BCUT2D eigenvalue weighted by Gasteiger charge is -2.30. The van der Waals surface area contributed by atoms with Crippen molar-refractivity contribution in [1.82, 2.24) is 5.32 Å². The Morgan fingerprint density at radius 3 is 2.43 bits per heavy atom. The van der Waals surface area contributed by atoms with Crippen molar-refractivity contribution in [2.45, 2.75) is 32.5 Å². The summed E-state index contributed by atoms with van der Waals surface area (Å²) in [6, 6.07) is 0. The number of nitrogens with one attached hydrogen (secondary N) is 1. The number of ether oxygens (including phenoxy) is 1. The summed E-state index contributed by atoms with van der Waals surface area (Å²) in [6.45, 7) is 6.60. The van der Waals surface area contributed by atoms with E-state index in [2.05, 4.69) is 5.32 Å². The zero-order valence-corrected chi connectivity index (χ0v) is 9.12. The highest BCUT2D eigenvalue weighted by Gasteiger charge is 2.45. The van der Waals surface area contributed by atoms with Crippen LogP contribution in [0, 0.1) is 17.8 Å². The highest BCUT2D eigenvalue weighted by Crippen LogP contribution is 2.43. The molecule has 82 valence electrons. The molecule has 0 spiro atoms. The molecule has 3 heteroatoms. The summed E-state index contributed by atoms with van der Waals surface area (Å²) < 4.78 is 5.41. The number of fused-ring (bicyclic) bond motifs is 1. The molecule has 2 rings (SSSR count). The molecule has 1 heterocycles. The molecule has 0 aromatic carbocycles. The minimum absolute atomic E-state index is 0.333. The summed E-state index contributed by atoms with van der Waals surface area (Å²) in [4.78, 5) is 0. The Labute approximate surface area is 85.8 Å². The lowest BCUT2D eigenvalue weighted by Crippen LogP contribution is -2.37. The Bertz CT molecular complexity index is 193. The third kappa shape index (κ3) is 1.81. The fourth-order valence-electron chi connectivity index (χ4n) is 3.01. The van der Waals surface area contributed by atoms with Gasteiger partial charge in [0.15, 0.2) is 5.79 Å². The van der Waals surface area contributed by atoms with Gasteiger partial charge < -0.3 is 15.2 Å². The van der Waals surface area contributed by atoms with E-state index in [0.29, 0.717) is 12.5 Å². The first-order chi connectivity index (χ1) is 6.63. The van der Waals surface area contributed by atoms with Crippen LogP contribution in [-0.4, -0.2) is 30.6 Å². The first kappa shape index (κ1) is 10.4. The van der Waals surface area contributed by atoms with Crippen LogP contribution in [0.5, 0.6) is 0 Å². The van der Waals surface area contributed by atoms with Gasteiger partial charge in [0.25, 0.3) is 0 Å². The third-order valence-electron chi connectivity index (χ3n) is 3.85. The molecule has 2 fully saturated rings. The summed E-state index contributed by atoms with van der Waals surface area (Å²) in [5.41, 5.74) is 0. The van der Waals surface area contributed by atoms with E-state index < -0.39 is 5.79 Å². The van der Waals surface area contributed by atoms with E-state index in [0.717, 1.165) is 37.8 Å². The number of aliphatic hydroxyl groups is 1. The predicted molar refractivity (Wildman–Crippen MR) is 54.8 cm³/mol. The Morgan fingerprint density at radius 2 is 1.93 bits per heavy atom. The standard InChI is InChI=1S/C11H21NO2/c1-3-14-11(2,13)10-4-8-6-12-7-9(8)5-10/h8-10,12-13H,3-7H2,1-2H3/t8-,9+,10?,11?. The van der Waals surface area contributed by atoms with Crippen molar-refractivity contribution < 1.29 is 9.84 Å². The molecular formula is C11H21NO2. The maximum absolute atomic E-state index is 10.1. The highest BCUT2D eigenvalue weighted by molar-refractivity contribution is 4.94. The molecule has 2 unspecified atom stereocenters. The molecule has 0 aromatic rings. The van der Waals surface area contributed by atoms with Crippen molar-refractivity contribution in [2.75, 3.05) is 19.7 Å². The maximum atomic E-state index is 10.1. The van der Waals surface area contributed by atoms with Gasteiger partial charge in [-0.3, -0.25) is 0 Å². The van der Waals surface area contributed by atoms with Crippen molar-refractivity contribution in [3.05, 3.63) is 0 Å². The van der Waals surface area contributed by atoms with Crippen LogP contribution in [0.1, 0.15) is 26.7 Å². The molecule has 1 saturated heterocycles. The zero-order chi connectivity index (χ0) is 10.2. The number of hydrogen-bond donors (Lipinski definition) is 2. The monoisotopic (exact) mass is 199 g/mol. The normalized spacial score (nSPS) is 40.9. The van der Waals surface area contributed by atoms with E-state index >= 15 is 0 Å². The molecule has 0 amide bonds. The second kappa shape index (κ2) is 3.80. The smallest absolute Gasteiger partial charge is 0.165 e. The molecule has 0 bridgehead atoms. The molecule has 0 aromatic heterocycles. The van der Waals surface area contributed by atoms with Gasteiger partial charge >= 0.3 is 0 Å². The van der Waals surface area contributed by atoms with Crippen LogP contribution in [0.4, 0.5) is 0 Å². The SMILES string of the molecule is CCOC(C)(O)C1C[C@H]2CNC[C@H]2C1. The summed E-state index contributed by atoms with van der Waals surface area (Å²) in [5.74, 6) is 0.970. The lowest BCUT2D eigenvalue weighted by atomic mass is 9.96. The lowest BCUT2D eigenvalue weighted by molar-refractivity contribution is -0.221. The van der Waals surface area contributed by atoms with Crippen molar-refractivity contribution in [1.29, 1.82) is 0 Å². The van der Waals surface area contributed by atoms with E-state index in [1.54, 1.807) is 0 Å². The van der Waals surface area contributed by atoms with Gasteiger partial charge in [-0.25, -0.2) is 0 Å². The topological polar surface area (TPSA) is 41.5 Å². The second-order valence-electron chi connectivity index (χ2n) is 4.83. The van der Waals surface area contributed by atoms with Crippen molar-refractivity contribution >= 4 is 0 Å². The minimum atomic E-state index is -0.904. The summed E-state index contributed by atoms with van der Waals surface area (Å²) in [7, 11) is 0. The summed E-state index contributed by atoms with van der Waals surface area (Å²) in [6.07, 6.45) is 2.23. The average Bonchev–Trinajstić information content (AvgIpc) is 2.60. The first-order valence-corrected chi connectivity index (χ1v) is 5.70. The fourth-order valence-corrected chi connectivity index (χ4v) is 3.01. The summed E-state index contributed by atoms with van der Waals surface area (Å²) >= 11 is 0. The molecule has 2 aliphatic rings. The summed E-state index contributed by atoms with van der Waals surface area (Å²) in [5, 5.41) is 13.5. The van der Waals surface area contributed by atoms with Crippen molar-refractivity contribution in [2.24, 2.45) is 17.8 Å². The Hall–Kier alpha value is -0.120. The van der Waals surface area contributed by atoms with Crippen LogP contribution < -0.4 is 5.32 Å². The highest BCUT2D eigenvalue weighted by atomic mass is 16.6. The number of hydrogen-bond acceptors (Lipinski definition) is 3. The molecule has 14 heavy (non-hydrogen) atoms. The largest absolute Gasteiger partial charge is 0.365 e. The van der Waals surface area contributed by atoms with Gasteiger partial charge in [-0.2, -0.15) is 0 Å². The number of rotatable bonds is 3. The fraction of sp³-hybridized carbons (Fsp3) is 1.00. The van der Waals surface area contributed by atoms with Crippen molar-refractivity contribution in [3.63, 3.8) is 0 Å². The van der Waals surface area contributed by atoms with Crippen LogP contribution >= 0.6 is 0 Å². The van der Waals surface area contributed by atoms with Gasteiger partial charge in [0.05, 0.1) is 0 Å². The Morgan fingerprint density at radius 1 is 1.36 bits per heavy atom. The van der Waals surface area contributed by atoms with Gasteiger partial charge in [0.1, 0.15) is 0 Å². The Balaban J connectivity index is 1.94. The van der Waals surface area contributed by atoms with Gasteiger partial charge in [0.2, 0.25) is 0 Å². The van der Waals surface area contributed by atoms with Gasteiger partial charge in [0, 0.05) is 12.5 Å². The third-order valence-corrected chi connectivity index (χ3v) is 3.85. The van der Waals surface area contributed by atoms with E-state index in [1.807, 2.05) is 13.8 Å². The minimum Gasteiger partial charge on any atom is -0.365 e. The van der Waals surface area contributed by atoms with Crippen LogP contribution in [0.2, 0.25) is 0 Å². The second-order valence-corrected chi connectivity index (χ2v) is 4.83. The van der Waals surface area contributed by atoms with Gasteiger partial charge in [-0.1, -0.05) is 0 Å². The van der Waals surface area contributed by atoms with E-state index in [9.17, 15) is 5.11 Å². The van der Waals surface area contributed by atoms with Gasteiger partial charge in [-0.05, 0) is 51.6 Å². The molecule has 1 saturated carbocycles. The molecule has 2 N–H and O–H groups in total. The van der Waals surface area contributed by atoms with E-state index in [1.165, 1.54) is 0 Å². The first-order valence-electron chi connectivity index (χ1n) is 5.70. The molecule has 1 aliphatic heterocycles. The van der Waals surface area contributed by atoms with E-state index in [-0.39, 0.29) is 0 Å². The molecular weight excluding hydrogens is 178 g/mol. The average molecular weight is 199 g/mol. The molecule has 4 atom stereocenters. The quantitative estimate of drug-likeness (QED) is 0.666. The van der Waals surface area contributed by atoms with Crippen LogP contribution in [-0.2, 0) is 4.74 Å². The van der Waals surface area contributed by atoms with E-state index in [4.69, 9.17) is 4.74 Å². The molecule has 3 nitrogen and oxygen atoms in total. The Kier molecular flexibility index (Phi) is 2.82.